The van der Waals surface area contributed by atoms with Crippen LogP contribution in [-0.2, 0) is 0 Å². The molecule has 2 nitrogen and oxygen atoms in total. The molecule has 0 atom stereocenters. The number of hydrogen-bond acceptors (Lipinski definition) is 2. The summed E-state index contributed by atoms with van der Waals surface area (Å²) in [4.78, 5) is 2.38. The molecule has 40 heavy (non-hydrogen) atoms. The van der Waals surface area contributed by atoms with E-state index in [9.17, 15) is 0 Å². The van der Waals surface area contributed by atoms with Gasteiger partial charge >= 0.3 is 0 Å². The van der Waals surface area contributed by atoms with Gasteiger partial charge in [0.25, 0.3) is 0 Å². The van der Waals surface area contributed by atoms with Crippen molar-refractivity contribution in [1.29, 1.82) is 0 Å². The highest BCUT2D eigenvalue weighted by atomic mass is 15.1. The van der Waals surface area contributed by atoms with Gasteiger partial charge in [-0.1, -0.05) is 128 Å². The number of nitrogens with zero attached hydrogens (tertiary/aromatic N) is 1. The number of nitrogens with one attached hydrogen (secondary N) is 1. The first-order chi connectivity index (χ1) is 19.5. The average molecular weight is 539 g/mol. The van der Waals surface area contributed by atoms with E-state index in [2.05, 4.69) is 150 Å². The van der Waals surface area contributed by atoms with Gasteiger partial charge in [-0.15, -0.1) is 0 Å². The lowest BCUT2D eigenvalue weighted by Crippen LogP contribution is -2.21. The van der Waals surface area contributed by atoms with Gasteiger partial charge in [0.2, 0.25) is 0 Å². The molecule has 0 amide bonds. The molecular weight excluding hydrogens is 484 g/mol. The summed E-state index contributed by atoms with van der Waals surface area (Å²) < 4.78 is 0. The molecule has 0 heterocycles. The van der Waals surface area contributed by atoms with E-state index in [4.69, 9.17) is 0 Å². The minimum atomic E-state index is 0.900. The van der Waals surface area contributed by atoms with Gasteiger partial charge < -0.3 is 10.2 Å². The third-order valence-corrected chi connectivity index (χ3v) is 6.09. The second-order valence-corrected chi connectivity index (χ2v) is 9.44. The lowest BCUT2D eigenvalue weighted by molar-refractivity contribution is 0.866. The largest absolute Gasteiger partial charge is 0.385 e. The van der Waals surface area contributed by atoms with Gasteiger partial charge in [0.1, 0.15) is 0 Å². The van der Waals surface area contributed by atoms with Crippen LogP contribution in [-0.4, -0.2) is 19.6 Å². The second-order valence-electron chi connectivity index (χ2n) is 9.44. The molecule has 0 fully saturated rings. The van der Waals surface area contributed by atoms with Crippen molar-refractivity contribution < 1.29 is 0 Å². The van der Waals surface area contributed by atoms with Crippen molar-refractivity contribution in [3.8, 4) is 0 Å². The lowest BCUT2D eigenvalue weighted by Gasteiger charge is -2.22. The Morgan fingerprint density at radius 1 is 0.650 bits per heavy atom. The maximum absolute atomic E-state index is 4.08. The van der Waals surface area contributed by atoms with E-state index in [0.717, 1.165) is 24.9 Å². The number of anilines is 2. The highest BCUT2D eigenvalue weighted by Gasteiger charge is 2.13. The zero-order chi connectivity index (χ0) is 29.9. The zero-order valence-electron chi connectivity index (χ0n) is 26.8. The summed E-state index contributed by atoms with van der Waals surface area (Å²) in [7, 11) is 0. The predicted octanol–water partition coefficient (Wildman–Crippen LogP) is 9.63. The molecular formula is C38H54N2. The molecule has 0 unspecified atom stereocenters. The number of fused-ring (bicyclic) bond motifs is 1. The summed E-state index contributed by atoms with van der Waals surface area (Å²) in [5.74, 6) is 0. The van der Waals surface area contributed by atoms with Crippen LogP contribution < -0.4 is 20.7 Å². The Morgan fingerprint density at radius 3 is 1.68 bits per heavy atom. The topological polar surface area (TPSA) is 15.3 Å². The Labute approximate surface area is 245 Å². The first-order valence-electron chi connectivity index (χ1n) is 15.4. The normalized spacial score (nSPS) is 9.72. The summed E-state index contributed by atoms with van der Waals surface area (Å²) in [5.41, 5.74) is 6.15. The summed E-state index contributed by atoms with van der Waals surface area (Å²) in [5, 5.41) is 8.25. The molecule has 4 aromatic rings. The van der Waals surface area contributed by atoms with E-state index in [0.29, 0.717) is 0 Å². The molecule has 2 heteroatoms. The molecule has 216 valence electrons. The molecule has 1 N–H and O–H groups in total. The molecule has 4 aromatic carbocycles. The van der Waals surface area contributed by atoms with Crippen molar-refractivity contribution in [3.63, 3.8) is 0 Å². The number of hydrogen-bond donors (Lipinski definition) is 1. The van der Waals surface area contributed by atoms with Crippen LogP contribution in [0.1, 0.15) is 86.3 Å². The Morgan fingerprint density at radius 2 is 1.18 bits per heavy atom. The molecule has 0 spiro atoms. The molecule has 0 saturated heterocycles. The van der Waals surface area contributed by atoms with Gasteiger partial charge in [0.15, 0.2) is 0 Å². The van der Waals surface area contributed by atoms with Gasteiger partial charge in [-0.3, -0.25) is 0 Å². The standard InChI is InChI=1S/C30H32N2.2C3H8.C2H6/c1-5-31-29-21-20-28(26-10-8-9-11-27(26)29)30(23-14-12-22(4)13-15-23)24-16-18-25(19-17-24)32(6-2)7-3;2*1-3-2;1-2/h8-21,31H,4-7H2,1-3H3;2*3H2,1-2H3;1-2H3. The van der Waals surface area contributed by atoms with Crippen molar-refractivity contribution in [2.45, 2.75) is 75.2 Å². The van der Waals surface area contributed by atoms with Crippen LogP contribution in [0.25, 0.3) is 22.9 Å². The SMILES string of the molecule is C=c1ccc(=C(c2ccc(N(CC)CC)cc2)c2ccc(NCC)c3ccccc23)cc1.CC.CCC.CCC. The molecule has 0 bridgehead atoms. The van der Waals surface area contributed by atoms with E-state index in [1.165, 1.54) is 56.9 Å². The lowest BCUT2D eigenvalue weighted by atomic mass is 9.90. The quantitative estimate of drug-likeness (QED) is 0.252. The fourth-order valence-corrected chi connectivity index (χ4v) is 4.44. The van der Waals surface area contributed by atoms with Crippen molar-refractivity contribution in [2.24, 2.45) is 0 Å². The average Bonchev–Trinajstić information content (AvgIpc) is 2.98. The van der Waals surface area contributed by atoms with Crippen molar-refractivity contribution in [1.82, 2.24) is 0 Å². The zero-order valence-corrected chi connectivity index (χ0v) is 26.8. The highest BCUT2D eigenvalue weighted by Crippen LogP contribution is 2.33. The minimum absolute atomic E-state index is 0.900. The maximum Gasteiger partial charge on any atom is 0.0420 e. The van der Waals surface area contributed by atoms with Crippen molar-refractivity contribution in [2.75, 3.05) is 29.9 Å². The Kier molecular flexibility index (Phi) is 16.8. The molecule has 0 aliphatic rings. The third-order valence-electron chi connectivity index (χ3n) is 6.09. The minimum Gasteiger partial charge on any atom is -0.385 e. The van der Waals surface area contributed by atoms with Gasteiger partial charge in [-0.05, 0) is 71.5 Å². The first kappa shape index (κ1) is 34.5. The van der Waals surface area contributed by atoms with Gasteiger partial charge in [0.05, 0.1) is 0 Å². The first-order valence-corrected chi connectivity index (χ1v) is 15.4. The Hall–Kier alpha value is -3.52. The smallest absolute Gasteiger partial charge is 0.0420 e. The van der Waals surface area contributed by atoms with Crippen molar-refractivity contribution >= 4 is 34.3 Å². The van der Waals surface area contributed by atoms with E-state index in [-0.39, 0.29) is 0 Å². The van der Waals surface area contributed by atoms with E-state index in [1.807, 2.05) is 13.8 Å². The van der Waals surface area contributed by atoms with E-state index in [1.54, 1.807) is 0 Å². The van der Waals surface area contributed by atoms with E-state index >= 15 is 0 Å². The third kappa shape index (κ3) is 9.59. The van der Waals surface area contributed by atoms with Gasteiger partial charge in [-0.2, -0.15) is 0 Å². The molecule has 0 aliphatic carbocycles. The summed E-state index contributed by atoms with van der Waals surface area (Å²) >= 11 is 0. The summed E-state index contributed by atoms with van der Waals surface area (Å²) in [6, 6.07) is 30.7. The number of benzene rings is 4. The van der Waals surface area contributed by atoms with Gasteiger partial charge in [-0.25, -0.2) is 0 Å². The van der Waals surface area contributed by atoms with Crippen molar-refractivity contribution in [3.05, 3.63) is 106 Å². The van der Waals surface area contributed by atoms with Gasteiger partial charge in [0, 0.05) is 36.4 Å². The molecule has 4 rings (SSSR count). The van der Waals surface area contributed by atoms with Crippen LogP contribution in [0, 0.1) is 0 Å². The fourth-order valence-electron chi connectivity index (χ4n) is 4.44. The fraction of sp³-hybridized carbons (Fsp3) is 0.368. The molecule has 0 aromatic heterocycles. The Balaban J connectivity index is 0.000000902. The number of rotatable bonds is 7. The second kappa shape index (κ2) is 19.5. The monoisotopic (exact) mass is 538 g/mol. The van der Waals surface area contributed by atoms with Crippen LogP contribution in [0.2, 0.25) is 0 Å². The van der Waals surface area contributed by atoms with Crippen LogP contribution in [0.15, 0.2) is 84.9 Å². The molecule has 0 aliphatic heterocycles. The van der Waals surface area contributed by atoms with Crippen LogP contribution >= 0.6 is 0 Å². The van der Waals surface area contributed by atoms with Crippen LogP contribution in [0.5, 0.6) is 0 Å². The Bertz CT molecular complexity index is 1320. The molecule has 0 radical (unpaired) electrons. The van der Waals surface area contributed by atoms with Crippen LogP contribution in [0.3, 0.4) is 0 Å². The predicted molar refractivity (Wildman–Crippen MR) is 184 cm³/mol. The van der Waals surface area contributed by atoms with Crippen LogP contribution in [0.4, 0.5) is 11.4 Å². The molecule has 0 saturated carbocycles. The summed E-state index contributed by atoms with van der Waals surface area (Å²) in [6.07, 6.45) is 2.50. The maximum atomic E-state index is 4.08. The van der Waals surface area contributed by atoms with E-state index < -0.39 is 0 Å². The summed E-state index contributed by atoms with van der Waals surface area (Å²) in [6.45, 7) is 26.0. The highest BCUT2D eigenvalue weighted by molar-refractivity contribution is 6.03.